The molecule has 1 aliphatic heterocycles. The number of piperidine rings is 1. The molecule has 2 N–H and O–H groups in total. The Morgan fingerprint density at radius 1 is 1.17 bits per heavy atom. The monoisotopic (exact) mass is 256 g/mol. The maximum Gasteiger partial charge on any atom is 0.0607 e. The van der Waals surface area contributed by atoms with Crippen molar-refractivity contribution < 1.29 is 10.3 Å². The van der Waals surface area contributed by atoms with Crippen LogP contribution in [-0.4, -0.2) is 44.1 Å². The van der Waals surface area contributed by atoms with Gasteiger partial charge in [-0.25, -0.2) is 0 Å². The summed E-state index contributed by atoms with van der Waals surface area (Å²) in [6, 6.07) is 0. The zero-order valence-corrected chi connectivity index (χ0v) is 12.6. The fourth-order valence-electron chi connectivity index (χ4n) is 3.13. The summed E-state index contributed by atoms with van der Waals surface area (Å²) >= 11 is 0. The molecule has 1 heterocycles. The molecule has 0 saturated carbocycles. The van der Waals surface area contributed by atoms with Crippen molar-refractivity contribution in [3.8, 4) is 0 Å². The SMILES string of the molecule is CC(C)(O)CCN1C(C)(C)CC(=NO)CC1(C)C. The van der Waals surface area contributed by atoms with Gasteiger partial charge in [-0.3, -0.25) is 4.90 Å². The summed E-state index contributed by atoms with van der Waals surface area (Å²) in [4.78, 5) is 2.42. The van der Waals surface area contributed by atoms with Gasteiger partial charge in [0.05, 0.1) is 11.3 Å². The van der Waals surface area contributed by atoms with Crippen LogP contribution in [-0.2, 0) is 0 Å². The van der Waals surface area contributed by atoms with Gasteiger partial charge in [-0.05, 0) is 48.0 Å². The molecule has 0 amide bonds. The number of aliphatic hydroxyl groups is 1. The van der Waals surface area contributed by atoms with Crippen molar-refractivity contribution in [2.75, 3.05) is 6.54 Å². The van der Waals surface area contributed by atoms with Crippen LogP contribution in [0.3, 0.4) is 0 Å². The van der Waals surface area contributed by atoms with E-state index < -0.39 is 5.60 Å². The lowest BCUT2D eigenvalue weighted by Crippen LogP contribution is -2.61. The standard InChI is InChI=1S/C14H28N2O2/c1-12(2)9-11(15-18)10-13(3,4)16(12)8-7-14(5,6)17/h17-18H,7-10H2,1-6H3. The third kappa shape index (κ3) is 3.69. The molecule has 1 fully saturated rings. The molecule has 1 aliphatic rings. The molecule has 0 bridgehead atoms. The molecule has 1 saturated heterocycles. The molecule has 0 aliphatic carbocycles. The Morgan fingerprint density at radius 2 is 1.61 bits per heavy atom. The molecule has 0 aromatic rings. The smallest absolute Gasteiger partial charge is 0.0607 e. The van der Waals surface area contributed by atoms with E-state index in [1.54, 1.807) is 0 Å². The van der Waals surface area contributed by atoms with E-state index in [1.165, 1.54) is 0 Å². The van der Waals surface area contributed by atoms with Gasteiger partial charge >= 0.3 is 0 Å². The summed E-state index contributed by atoms with van der Waals surface area (Å²) in [5, 5.41) is 22.3. The number of hydrogen-bond acceptors (Lipinski definition) is 4. The van der Waals surface area contributed by atoms with Crippen LogP contribution >= 0.6 is 0 Å². The zero-order chi connectivity index (χ0) is 14.2. The summed E-state index contributed by atoms with van der Waals surface area (Å²) in [6.07, 6.45) is 2.29. The van der Waals surface area contributed by atoms with Crippen LogP contribution in [0, 0.1) is 0 Å². The van der Waals surface area contributed by atoms with Gasteiger partial charge in [0.2, 0.25) is 0 Å². The van der Waals surface area contributed by atoms with Crippen LogP contribution < -0.4 is 0 Å². The molecule has 0 atom stereocenters. The highest BCUT2D eigenvalue weighted by atomic mass is 16.4. The van der Waals surface area contributed by atoms with Gasteiger partial charge in [0.15, 0.2) is 0 Å². The maximum absolute atomic E-state index is 9.90. The molecular formula is C14H28N2O2. The van der Waals surface area contributed by atoms with Crippen molar-refractivity contribution in [3.63, 3.8) is 0 Å². The summed E-state index contributed by atoms with van der Waals surface area (Å²) in [5.74, 6) is 0. The molecule has 0 unspecified atom stereocenters. The van der Waals surface area contributed by atoms with Crippen molar-refractivity contribution in [3.05, 3.63) is 0 Å². The second kappa shape index (κ2) is 4.82. The van der Waals surface area contributed by atoms with E-state index in [1.807, 2.05) is 13.8 Å². The summed E-state index contributed by atoms with van der Waals surface area (Å²) in [7, 11) is 0. The quantitative estimate of drug-likeness (QED) is 0.603. The van der Waals surface area contributed by atoms with Crippen LogP contribution in [0.2, 0.25) is 0 Å². The highest BCUT2D eigenvalue weighted by Gasteiger charge is 2.44. The largest absolute Gasteiger partial charge is 0.411 e. The molecule has 106 valence electrons. The first-order valence-corrected chi connectivity index (χ1v) is 6.68. The van der Waals surface area contributed by atoms with Gasteiger partial charge in [0.25, 0.3) is 0 Å². The number of rotatable bonds is 3. The van der Waals surface area contributed by atoms with Crippen LogP contribution in [0.4, 0.5) is 0 Å². The van der Waals surface area contributed by atoms with Crippen molar-refractivity contribution in [2.24, 2.45) is 5.16 Å². The highest BCUT2D eigenvalue weighted by molar-refractivity contribution is 5.86. The first kappa shape index (κ1) is 15.4. The molecule has 0 spiro atoms. The second-order valence-electron chi connectivity index (χ2n) is 7.36. The van der Waals surface area contributed by atoms with Gasteiger partial charge in [-0.1, -0.05) is 5.16 Å². The normalized spacial score (nSPS) is 24.1. The van der Waals surface area contributed by atoms with Crippen LogP contribution in [0.1, 0.15) is 60.8 Å². The number of hydrogen-bond donors (Lipinski definition) is 2. The Balaban J connectivity index is 2.87. The average molecular weight is 256 g/mol. The predicted octanol–water partition coefficient (Wildman–Crippen LogP) is 2.63. The van der Waals surface area contributed by atoms with E-state index in [9.17, 15) is 5.11 Å². The predicted molar refractivity (Wildman–Crippen MR) is 74.2 cm³/mol. The zero-order valence-electron chi connectivity index (χ0n) is 12.6. The Bertz CT molecular complexity index is 307. The van der Waals surface area contributed by atoms with Crippen LogP contribution in [0.15, 0.2) is 5.16 Å². The Morgan fingerprint density at radius 3 is 1.94 bits per heavy atom. The number of nitrogens with zero attached hydrogens (tertiary/aromatic N) is 2. The number of likely N-dealkylation sites (tertiary alicyclic amines) is 1. The summed E-state index contributed by atoms with van der Waals surface area (Å²) < 4.78 is 0. The lowest BCUT2D eigenvalue weighted by Gasteiger charge is -2.53. The molecule has 0 radical (unpaired) electrons. The maximum atomic E-state index is 9.90. The molecule has 0 aromatic carbocycles. The topological polar surface area (TPSA) is 56.1 Å². The first-order valence-electron chi connectivity index (χ1n) is 6.68. The lowest BCUT2D eigenvalue weighted by atomic mass is 9.78. The Labute approximate surface area is 111 Å². The fraction of sp³-hybridized carbons (Fsp3) is 0.929. The first-order chi connectivity index (χ1) is 7.98. The molecular weight excluding hydrogens is 228 g/mol. The van der Waals surface area contributed by atoms with E-state index in [0.29, 0.717) is 0 Å². The second-order valence-corrected chi connectivity index (χ2v) is 7.36. The molecule has 4 heteroatoms. The van der Waals surface area contributed by atoms with Gasteiger partial charge in [-0.2, -0.15) is 0 Å². The van der Waals surface area contributed by atoms with Gasteiger partial charge in [0.1, 0.15) is 0 Å². The minimum atomic E-state index is -0.641. The van der Waals surface area contributed by atoms with E-state index in [2.05, 4.69) is 37.8 Å². The lowest BCUT2D eigenvalue weighted by molar-refractivity contribution is -0.0187. The van der Waals surface area contributed by atoms with E-state index in [-0.39, 0.29) is 11.1 Å². The molecule has 18 heavy (non-hydrogen) atoms. The van der Waals surface area contributed by atoms with E-state index in [0.717, 1.165) is 31.5 Å². The van der Waals surface area contributed by atoms with Crippen LogP contribution in [0.5, 0.6) is 0 Å². The van der Waals surface area contributed by atoms with Crippen molar-refractivity contribution >= 4 is 5.71 Å². The third-order valence-corrected chi connectivity index (χ3v) is 3.82. The highest BCUT2D eigenvalue weighted by Crippen LogP contribution is 2.37. The fourth-order valence-corrected chi connectivity index (χ4v) is 3.13. The van der Waals surface area contributed by atoms with Gasteiger partial charge in [0, 0.05) is 30.5 Å². The number of oxime groups is 1. The molecule has 0 aromatic heterocycles. The molecule has 1 rings (SSSR count). The van der Waals surface area contributed by atoms with E-state index in [4.69, 9.17) is 5.21 Å². The van der Waals surface area contributed by atoms with Gasteiger partial charge in [-0.15, -0.1) is 0 Å². The minimum Gasteiger partial charge on any atom is -0.411 e. The average Bonchev–Trinajstić information content (AvgIpc) is 2.11. The summed E-state index contributed by atoms with van der Waals surface area (Å²) in [6.45, 7) is 13.2. The molecule has 4 nitrogen and oxygen atoms in total. The third-order valence-electron chi connectivity index (χ3n) is 3.82. The van der Waals surface area contributed by atoms with Crippen molar-refractivity contribution in [1.82, 2.24) is 4.90 Å². The van der Waals surface area contributed by atoms with E-state index >= 15 is 0 Å². The Hall–Kier alpha value is -0.610. The minimum absolute atomic E-state index is 0.0471. The van der Waals surface area contributed by atoms with Gasteiger partial charge < -0.3 is 10.3 Å². The summed E-state index contributed by atoms with van der Waals surface area (Å²) in [5.41, 5.74) is 0.130. The van der Waals surface area contributed by atoms with Crippen molar-refractivity contribution in [1.29, 1.82) is 0 Å². The Kier molecular flexibility index (Phi) is 4.13. The van der Waals surface area contributed by atoms with Crippen LogP contribution in [0.25, 0.3) is 0 Å². The van der Waals surface area contributed by atoms with Crippen molar-refractivity contribution in [2.45, 2.75) is 77.5 Å².